The fourth-order valence-corrected chi connectivity index (χ4v) is 3.22. The molecule has 1 heterocycles. The number of rotatable bonds is 6. The number of likely N-dealkylation sites (tertiary alicyclic amines) is 1. The van der Waals surface area contributed by atoms with Crippen molar-refractivity contribution in [2.75, 3.05) is 25.0 Å². The van der Waals surface area contributed by atoms with Crippen LogP contribution in [0.2, 0.25) is 0 Å². The van der Waals surface area contributed by atoms with Crippen molar-refractivity contribution < 1.29 is 14.3 Å². The molecule has 0 spiro atoms. The van der Waals surface area contributed by atoms with Crippen LogP contribution in [-0.4, -0.2) is 36.4 Å². The summed E-state index contributed by atoms with van der Waals surface area (Å²) < 4.78 is 5.67. The van der Waals surface area contributed by atoms with Crippen LogP contribution in [0, 0.1) is 6.92 Å². The van der Waals surface area contributed by atoms with Gasteiger partial charge in [0.05, 0.1) is 12.2 Å². The number of carbonyl (C=O) groups excluding carboxylic acids is 2. The Morgan fingerprint density at radius 2 is 1.85 bits per heavy atom. The Labute approximate surface area is 160 Å². The number of nitrogens with zero attached hydrogens (tertiary/aromatic N) is 1. The Morgan fingerprint density at radius 3 is 2.56 bits per heavy atom. The van der Waals surface area contributed by atoms with Crippen molar-refractivity contribution in [3.8, 4) is 5.75 Å². The first-order chi connectivity index (χ1) is 13.1. The summed E-state index contributed by atoms with van der Waals surface area (Å²) in [6, 6.07) is 12.6. The van der Waals surface area contributed by atoms with E-state index in [0.29, 0.717) is 29.2 Å². The molecular weight excluding hydrogens is 340 g/mol. The molecule has 0 unspecified atom stereocenters. The quantitative estimate of drug-likeness (QED) is 0.830. The number of benzene rings is 2. The van der Waals surface area contributed by atoms with Gasteiger partial charge in [-0.15, -0.1) is 0 Å². The molecule has 2 aromatic rings. The Morgan fingerprint density at radius 1 is 1.11 bits per heavy atom. The zero-order chi connectivity index (χ0) is 19.2. The Kier molecular flexibility index (Phi) is 6.12. The number of para-hydroxylation sites is 1. The third-order valence-corrected chi connectivity index (χ3v) is 4.71. The van der Waals surface area contributed by atoms with Crippen molar-refractivity contribution in [1.82, 2.24) is 4.90 Å². The van der Waals surface area contributed by atoms with Crippen molar-refractivity contribution >= 4 is 17.5 Å². The summed E-state index contributed by atoms with van der Waals surface area (Å²) in [6.07, 6.45) is 3.01. The van der Waals surface area contributed by atoms with Gasteiger partial charge in [-0.05, 0) is 62.1 Å². The molecule has 5 nitrogen and oxygen atoms in total. The second-order valence-electron chi connectivity index (χ2n) is 6.83. The Hall–Kier alpha value is -2.82. The lowest BCUT2D eigenvalue weighted by Gasteiger charge is -2.17. The SMILES string of the molecule is CCCOc1ccccc1C(=O)Nc1ccc(C(=O)N2CCCC2)cc1C. The first-order valence-corrected chi connectivity index (χ1v) is 9.53. The molecule has 0 bridgehead atoms. The summed E-state index contributed by atoms with van der Waals surface area (Å²) in [6.45, 7) is 6.14. The molecule has 0 atom stereocenters. The van der Waals surface area contributed by atoms with Gasteiger partial charge in [-0.25, -0.2) is 0 Å². The monoisotopic (exact) mass is 366 g/mol. The number of hydrogen-bond acceptors (Lipinski definition) is 3. The standard InChI is InChI=1S/C22H26N2O3/c1-3-14-27-20-9-5-4-8-18(20)21(25)23-19-11-10-17(15-16(19)2)22(26)24-12-6-7-13-24/h4-5,8-11,15H,3,6-7,12-14H2,1-2H3,(H,23,25). The van der Waals surface area contributed by atoms with Crippen LogP contribution < -0.4 is 10.1 Å². The molecule has 0 aromatic heterocycles. The highest BCUT2D eigenvalue weighted by atomic mass is 16.5. The molecular formula is C22H26N2O3. The number of aryl methyl sites for hydroxylation is 1. The van der Waals surface area contributed by atoms with Crippen LogP contribution in [0.3, 0.4) is 0 Å². The van der Waals surface area contributed by atoms with E-state index >= 15 is 0 Å². The molecule has 1 N–H and O–H groups in total. The summed E-state index contributed by atoms with van der Waals surface area (Å²) in [4.78, 5) is 27.1. The zero-order valence-electron chi connectivity index (χ0n) is 16.0. The predicted octanol–water partition coefficient (Wildman–Crippen LogP) is 4.27. The largest absolute Gasteiger partial charge is 0.493 e. The van der Waals surface area contributed by atoms with Crippen molar-refractivity contribution in [2.24, 2.45) is 0 Å². The predicted molar refractivity (Wildman–Crippen MR) is 106 cm³/mol. The van der Waals surface area contributed by atoms with E-state index in [4.69, 9.17) is 4.74 Å². The van der Waals surface area contributed by atoms with Crippen molar-refractivity contribution in [1.29, 1.82) is 0 Å². The topological polar surface area (TPSA) is 58.6 Å². The lowest BCUT2D eigenvalue weighted by atomic mass is 10.1. The van der Waals surface area contributed by atoms with E-state index in [9.17, 15) is 9.59 Å². The van der Waals surface area contributed by atoms with E-state index < -0.39 is 0 Å². The average molecular weight is 366 g/mol. The maximum atomic E-state index is 12.7. The number of hydrogen-bond donors (Lipinski definition) is 1. The normalized spacial score (nSPS) is 13.5. The van der Waals surface area contributed by atoms with Gasteiger partial charge in [0, 0.05) is 24.3 Å². The number of ether oxygens (including phenoxy) is 1. The summed E-state index contributed by atoms with van der Waals surface area (Å²) >= 11 is 0. The summed E-state index contributed by atoms with van der Waals surface area (Å²) in [5.74, 6) is 0.422. The molecule has 3 rings (SSSR count). The molecule has 27 heavy (non-hydrogen) atoms. The fraction of sp³-hybridized carbons (Fsp3) is 0.364. The highest BCUT2D eigenvalue weighted by Gasteiger charge is 2.20. The molecule has 0 radical (unpaired) electrons. The maximum Gasteiger partial charge on any atom is 0.259 e. The van der Waals surface area contributed by atoms with Gasteiger partial charge in [-0.3, -0.25) is 9.59 Å². The van der Waals surface area contributed by atoms with E-state index in [0.717, 1.165) is 37.9 Å². The molecule has 142 valence electrons. The average Bonchev–Trinajstić information content (AvgIpc) is 3.22. The van der Waals surface area contributed by atoms with Crippen LogP contribution in [0.4, 0.5) is 5.69 Å². The van der Waals surface area contributed by atoms with Crippen LogP contribution >= 0.6 is 0 Å². The van der Waals surface area contributed by atoms with Gasteiger partial charge in [0.1, 0.15) is 5.75 Å². The summed E-state index contributed by atoms with van der Waals surface area (Å²) in [5.41, 5.74) is 2.73. The molecule has 1 aliphatic rings. The first-order valence-electron chi connectivity index (χ1n) is 9.53. The van der Waals surface area contributed by atoms with Crippen molar-refractivity contribution in [2.45, 2.75) is 33.1 Å². The van der Waals surface area contributed by atoms with E-state index in [2.05, 4.69) is 5.32 Å². The van der Waals surface area contributed by atoms with Crippen LogP contribution in [0.15, 0.2) is 42.5 Å². The second kappa shape index (κ2) is 8.71. The second-order valence-corrected chi connectivity index (χ2v) is 6.83. The maximum absolute atomic E-state index is 12.7. The minimum atomic E-state index is -0.219. The highest BCUT2D eigenvalue weighted by molar-refractivity contribution is 6.06. The fourth-order valence-electron chi connectivity index (χ4n) is 3.22. The van der Waals surface area contributed by atoms with Gasteiger partial charge < -0.3 is 15.0 Å². The molecule has 2 amide bonds. The number of amides is 2. The van der Waals surface area contributed by atoms with Gasteiger partial charge in [0.2, 0.25) is 0 Å². The minimum absolute atomic E-state index is 0.0618. The van der Waals surface area contributed by atoms with Crippen LogP contribution in [0.1, 0.15) is 52.5 Å². The van der Waals surface area contributed by atoms with Crippen molar-refractivity contribution in [3.63, 3.8) is 0 Å². The van der Waals surface area contributed by atoms with Gasteiger partial charge in [-0.1, -0.05) is 19.1 Å². The smallest absolute Gasteiger partial charge is 0.259 e. The van der Waals surface area contributed by atoms with E-state index in [-0.39, 0.29) is 11.8 Å². The summed E-state index contributed by atoms with van der Waals surface area (Å²) in [5, 5.41) is 2.94. The lowest BCUT2D eigenvalue weighted by molar-refractivity contribution is 0.0792. The molecule has 0 aliphatic carbocycles. The Balaban J connectivity index is 1.74. The third kappa shape index (κ3) is 4.48. The molecule has 5 heteroatoms. The van der Waals surface area contributed by atoms with Crippen LogP contribution in [-0.2, 0) is 0 Å². The number of nitrogens with one attached hydrogen (secondary N) is 1. The van der Waals surface area contributed by atoms with Crippen LogP contribution in [0.25, 0.3) is 0 Å². The Bertz CT molecular complexity index is 826. The summed E-state index contributed by atoms with van der Waals surface area (Å²) in [7, 11) is 0. The number of anilines is 1. The molecule has 0 saturated carbocycles. The zero-order valence-corrected chi connectivity index (χ0v) is 16.0. The van der Waals surface area contributed by atoms with E-state index in [1.807, 2.05) is 36.9 Å². The molecule has 1 saturated heterocycles. The molecule has 1 fully saturated rings. The van der Waals surface area contributed by atoms with Gasteiger partial charge >= 0.3 is 0 Å². The molecule has 1 aliphatic heterocycles. The first kappa shape index (κ1) is 19.0. The minimum Gasteiger partial charge on any atom is -0.493 e. The van der Waals surface area contributed by atoms with Gasteiger partial charge in [0.25, 0.3) is 11.8 Å². The van der Waals surface area contributed by atoms with E-state index in [1.165, 1.54) is 0 Å². The lowest BCUT2D eigenvalue weighted by Crippen LogP contribution is -2.27. The molecule has 2 aromatic carbocycles. The number of carbonyl (C=O) groups is 2. The van der Waals surface area contributed by atoms with Gasteiger partial charge in [0.15, 0.2) is 0 Å². The van der Waals surface area contributed by atoms with E-state index in [1.54, 1.807) is 24.3 Å². The van der Waals surface area contributed by atoms with Gasteiger partial charge in [-0.2, -0.15) is 0 Å². The highest BCUT2D eigenvalue weighted by Crippen LogP contribution is 2.23. The third-order valence-electron chi connectivity index (χ3n) is 4.71. The van der Waals surface area contributed by atoms with Crippen molar-refractivity contribution in [3.05, 3.63) is 59.2 Å². The van der Waals surface area contributed by atoms with Crippen LogP contribution in [0.5, 0.6) is 5.75 Å².